The molecular weight excluding hydrogens is 242 g/mol. The van der Waals surface area contributed by atoms with Gasteiger partial charge < -0.3 is 14.4 Å². The van der Waals surface area contributed by atoms with Crippen LogP contribution in [0.2, 0.25) is 0 Å². The van der Waals surface area contributed by atoms with Crippen molar-refractivity contribution in [2.24, 2.45) is 5.92 Å². The first-order chi connectivity index (χ1) is 9.36. The monoisotopic (exact) mass is 263 g/mol. The molecule has 0 amide bonds. The highest BCUT2D eigenvalue weighted by molar-refractivity contribution is 5.41. The van der Waals surface area contributed by atoms with Crippen LogP contribution in [0.15, 0.2) is 12.4 Å². The summed E-state index contributed by atoms with van der Waals surface area (Å²) in [6.45, 7) is 5.57. The molecule has 2 atom stereocenters. The summed E-state index contributed by atoms with van der Waals surface area (Å²) in [6.07, 6.45) is 5.59. The van der Waals surface area contributed by atoms with Crippen LogP contribution >= 0.6 is 0 Å². The van der Waals surface area contributed by atoms with Gasteiger partial charge in [0.15, 0.2) is 0 Å². The summed E-state index contributed by atoms with van der Waals surface area (Å²) < 4.78 is 11.3. The minimum absolute atomic E-state index is 0.457. The van der Waals surface area contributed by atoms with Crippen LogP contribution in [0.5, 0.6) is 5.88 Å². The van der Waals surface area contributed by atoms with Crippen LogP contribution < -0.4 is 9.64 Å². The van der Waals surface area contributed by atoms with Crippen LogP contribution in [0.25, 0.3) is 0 Å². The maximum absolute atomic E-state index is 5.84. The van der Waals surface area contributed by atoms with Crippen LogP contribution in [0.1, 0.15) is 26.2 Å². The number of aromatic nitrogens is 2. The zero-order valence-corrected chi connectivity index (χ0v) is 11.4. The summed E-state index contributed by atoms with van der Waals surface area (Å²) in [6, 6.07) is 1.94. The van der Waals surface area contributed by atoms with E-state index in [9.17, 15) is 0 Å². The minimum Gasteiger partial charge on any atom is -0.478 e. The Morgan fingerprint density at radius 2 is 2.37 bits per heavy atom. The predicted molar refractivity (Wildman–Crippen MR) is 72.5 cm³/mol. The fourth-order valence-electron chi connectivity index (χ4n) is 3.03. The fraction of sp³-hybridized carbons (Fsp3) is 0.714. The van der Waals surface area contributed by atoms with Crippen molar-refractivity contribution in [1.82, 2.24) is 9.97 Å². The molecule has 0 spiro atoms. The molecule has 0 saturated carbocycles. The maximum Gasteiger partial charge on any atom is 0.218 e. The van der Waals surface area contributed by atoms with Gasteiger partial charge in [0.2, 0.25) is 5.88 Å². The van der Waals surface area contributed by atoms with Gasteiger partial charge in [-0.3, -0.25) is 0 Å². The number of hydrogen-bond acceptors (Lipinski definition) is 5. The Hall–Kier alpha value is -1.36. The van der Waals surface area contributed by atoms with Crippen LogP contribution in [0.3, 0.4) is 0 Å². The SMILES string of the molecule is CCOc1cc(N2CC[C@H]3OCCC[C@H]3C2)ncn1. The third kappa shape index (κ3) is 2.81. The van der Waals surface area contributed by atoms with E-state index in [1.807, 2.05) is 13.0 Å². The second-order valence-electron chi connectivity index (χ2n) is 5.19. The molecule has 2 aliphatic heterocycles. The van der Waals surface area contributed by atoms with E-state index in [1.165, 1.54) is 12.8 Å². The largest absolute Gasteiger partial charge is 0.478 e. The molecule has 0 radical (unpaired) electrons. The molecule has 19 heavy (non-hydrogen) atoms. The van der Waals surface area contributed by atoms with E-state index in [0.29, 0.717) is 24.5 Å². The van der Waals surface area contributed by atoms with Gasteiger partial charge >= 0.3 is 0 Å². The van der Waals surface area contributed by atoms with Gasteiger partial charge in [0.05, 0.1) is 12.7 Å². The van der Waals surface area contributed by atoms with E-state index < -0.39 is 0 Å². The average molecular weight is 263 g/mol. The van der Waals surface area contributed by atoms with Gasteiger partial charge in [-0.15, -0.1) is 0 Å². The second kappa shape index (κ2) is 5.74. The Morgan fingerprint density at radius 1 is 1.42 bits per heavy atom. The summed E-state index contributed by atoms with van der Waals surface area (Å²) in [7, 11) is 0. The minimum atomic E-state index is 0.457. The van der Waals surface area contributed by atoms with Crippen LogP contribution in [0.4, 0.5) is 5.82 Å². The zero-order chi connectivity index (χ0) is 13.1. The molecule has 3 heterocycles. The molecule has 1 aromatic rings. The molecule has 0 aromatic carbocycles. The van der Waals surface area contributed by atoms with Gasteiger partial charge in [-0.1, -0.05) is 0 Å². The molecule has 5 nitrogen and oxygen atoms in total. The number of anilines is 1. The van der Waals surface area contributed by atoms with Crippen LogP contribution in [0, 0.1) is 5.92 Å². The van der Waals surface area contributed by atoms with Crippen molar-refractivity contribution in [1.29, 1.82) is 0 Å². The van der Waals surface area contributed by atoms with Gasteiger partial charge in [0.1, 0.15) is 12.1 Å². The lowest BCUT2D eigenvalue weighted by Crippen LogP contribution is -2.46. The van der Waals surface area contributed by atoms with Crippen molar-refractivity contribution >= 4 is 5.82 Å². The van der Waals surface area contributed by atoms with E-state index in [4.69, 9.17) is 9.47 Å². The lowest BCUT2D eigenvalue weighted by molar-refractivity contribution is -0.0358. The second-order valence-corrected chi connectivity index (χ2v) is 5.19. The Balaban J connectivity index is 1.70. The van der Waals surface area contributed by atoms with Crippen molar-refractivity contribution in [3.63, 3.8) is 0 Å². The lowest BCUT2D eigenvalue weighted by atomic mass is 9.88. The van der Waals surface area contributed by atoms with E-state index in [-0.39, 0.29) is 0 Å². The topological polar surface area (TPSA) is 47.5 Å². The Morgan fingerprint density at radius 3 is 3.26 bits per heavy atom. The number of piperidine rings is 1. The van der Waals surface area contributed by atoms with Gasteiger partial charge in [-0.05, 0) is 26.2 Å². The molecular formula is C14H21N3O2. The summed E-state index contributed by atoms with van der Waals surface area (Å²) in [5.74, 6) is 2.28. The highest BCUT2D eigenvalue weighted by Crippen LogP contribution is 2.30. The molecule has 2 saturated heterocycles. The fourth-order valence-corrected chi connectivity index (χ4v) is 3.03. The van der Waals surface area contributed by atoms with Crippen molar-refractivity contribution in [3.05, 3.63) is 12.4 Å². The first-order valence-electron chi connectivity index (χ1n) is 7.18. The first kappa shape index (κ1) is 12.7. The molecule has 0 N–H and O–H groups in total. The van der Waals surface area contributed by atoms with E-state index in [2.05, 4.69) is 14.9 Å². The van der Waals surface area contributed by atoms with Gasteiger partial charge in [0, 0.05) is 31.7 Å². The normalized spacial score (nSPS) is 26.9. The molecule has 0 bridgehead atoms. The number of fused-ring (bicyclic) bond motifs is 1. The van der Waals surface area contributed by atoms with Gasteiger partial charge in [0.25, 0.3) is 0 Å². The number of rotatable bonds is 3. The summed E-state index contributed by atoms with van der Waals surface area (Å²) in [5.41, 5.74) is 0. The Kier molecular flexibility index (Phi) is 3.82. The number of nitrogens with zero attached hydrogens (tertiary/aromatic N) is 3. The Labute approximate surface area is 113 Å². The summed E-state index contributed by atoms with van der Waals surface area (Å²) >= 11 is 0. The van der Waals surface area contributed by atoms with Crippen LogP contribution in [-0.2, 0) is 4.74 Å². The molecule has 104 valence electrons. The smallest absolute Gasteiger partial charge is 0.218 e. The van der Waals surface area contributed by atoms with Crippen molar-refractivity contribution < 1.29 is 9.47 Å². The third-order valence-electron chi connectivity index (χ3n) is 3.96. The van der Waals surface area contributed by atoms with E-state index in [0.717, 1.165) is 31.9 Å². The predicted octanol–water partition coefficient (Wildman–Crippen LogP) is 1.88. The molecule has 5 heteroatoms. The highest BCUT2D eigenvalue weighted by atomic mass is 16.5. The van der Waals surface area contributed by atoms with Crippen molar-refractivity contribution in [2.75, 3.05) is 31.2 Å². The Bertz CT molecular complexity index is 427. The number of hydrogen-bond donors (Lipinski definition) is 0. The van der Waals surface area contributed by atoms with Crippen molar-refractivity contribution in [3.8, 4) is 5.88 Å². The first-order valence-corrected chi connectivity index (χ1v) is 7.18. The summed E-state index contributed by atoms with van der Waals surface area (Å²) in [5, 5.41) is 0. The third-order valence-corrected chi connectivity index (χ3v) is 3.96. The van der Waals surface area contributed by atoms with E-state index in [1.54, 1.807) is 6.33 Å². The molecule has 2 fully saturated rings. The molecule has 0 unspecified atom stereocenters. The van der Waals surface area contributed by atoms with E-state index >= 15 is 0 Å². The quantitative estimate of drug-likeness (QED) is 0.833. The molecule has 2 aliphatic rings. The lowest BCUT2D eigenvalue weighted by Gasteiger charge is -2.41. The van der Waals surface area contributed by atoms with Gasteiger partial charge in [-0.25, -0.2) is 9.97 Å². The van der Waals surface area contributed by atoms with Gasteiger partial charge in [-0.2, -0.15) is 0 Å². The number of ether oxygens (including phenoxy) is 2. The molecule has 1 aromatic heterocycles. The average Bonchev–Trinajstić information content (AvgIpc) is 2.47. The zero-order valence-electron chi connectivity index (χ0n) is 11.4. The highest BCUT2D eigenvalue weighted by Gasteiger charge is 2.32. The van der Waals surface area contributed by atoms with Crippen molar-refractivity contribution in [2.45, 2.75) is 32.3 Å². The standard InChI is InChI=1S/C14H21N3O2/c1-2-18-14-8-13(15-10-16-14)17-6-5-12-11(9-17)4-3-7-19-12/h8,10-12H,2-7,9H2,1H3/t11-,12+/m0/s1. The van der Waals surface area contributed by atoms with Crippen LogP contribution in [-0.4, -0.2) is 42.4 Å². The molecule has 3 rings (SSSR count). The summed E-state index contributed by atoms with van der Waals surface area (Å²) in [4.78, 5) is 10.8. The maximum atomic E-state index is 5.84. The molecule has 0 aliphatic carbocycles.